The molecule has 0 spiro atoms. The number of H-pyrrole nitrogens is 1. The van der Waals surface area contributed by atoms with Crippen molar-refractivity contribution in [2.24, 2.45) is 15.2 Å². The molecular weight excluding hydrogens is 1180 g/mol. The molecule has 1 amide bonds. The number of fused-ring (bicyclic) bond motifs is 2. The van der Waals surface area contributed by atoms with Gasteiger partial charge in [0.05, 0.1) is 42.3 Å². The van der Waals surface area contributed by atoms with Crippen LogP contribution in [0, 0.1) is 25.7 Å². The minimum absolute atomic E-state index is 0.0352. The largest absolute Gasteiger partial charge is 0.492 e. The zero-order chi connectivity index (χ0) is 61.8. The molecule has 0 radical (unpaired) electrons. The number of hydrogen-bond acceptors (Lipinski definition) is 19. The van der Waals surface area contributed by atoms with Crippen molar-refractivity contribution in [3.8, 4) is 40.0 Å². The van der Waals surface area contributed by atoms with Crippen molar-refractivity contribution in [2.45, 2.75) is 71.9 Å². The number of rotatable bonds is 25. The number of phosphoric acid groups is 3. The maximum absolute atomic E-state index is 13.8. The number of ether oxygens (including phenoxy) is 4. The van der Waals surface area contributed by atoms with Gasteiger partial charge in [-0.05, 0) is 121 Å². The Morgan fingerprint density at radius 1 is 0.906 bits per heavy atom. The average molecular weight is 1230 g/mol. The number of carboxylic acid groups (broad SMARTS) is 1. The first-order chi connectivity index (χ1) is 40.3. The molecule has 3 aliphatic rings. The minimum Gasteiger partial charge on any atom is -0.492 e. The fraction of sp³-hybridized carbons (Fsp3) is 0.333. The molecule has 7 rings (SSSR count). The van der Waals surface area contributed by atoms with Gasteiger partial charge in [0, 0.05) is 57.1 Å². The zero-order valence-corrected chi connectivity index (χ0v) is 48.0. The quantitative estimate of drug-likeness (QED) is 0.00430. The molecule has 1 aromatic heterocycles. The Labute approximate surface area is 480 Å². The fourth-order valence-corrected chi connectivity index (χ4v) is 12.0. The van der Waals surface area contributed by atoms with Crippen LogP contribution in [0.2, 0.25) is 0 Å². The topological polar surface area (TPSA) is 458 Å². The smallest absolute Gasteiger partial charge is 0.490 e. The number of aryl methyl sites for hydroxylation is 3. The summed E-state index contributed by atoms with van der Waals surface area (Å²) < 4.78 is 76.8. The molecule has 1 aliphatic carbocycles. The molecule has 31 nitrogen and oxygen atoms in total. The summed E-state index contributed by atoms with van der Waals surface area (Å²) in [6, 6.07) is 16.2. The predicted octanol–water partition coefficient (Wildman–Crippen LogP) is 7.35. The number of esters is 1. The Hall–Kier alpha value is -8.25. The maximum Gasteiger partial charge on any atom is 0.490 e. The number of aromatic amines is 1. The van der Waals surface area contributed by atoms with Crippen LogP contribution in [0.25, 0.3) is 54.3 Å². The van der Waals surface area contributed by atoms with E-state index >= 15 is 0 Å². The van der Waals surface area contributed by atoms with Gasteiger partial charge in [-0.2, -0.15) is 8.62 Å². The number of aromatic carboxylic acids is 1. The number of phosphoric ester groups is 1. The van der Waals surface area contributed by atoms with Gasteiger partial charge in [-0.25, -0.2) is 28.1 Å². The van der Waals surface area contributed by atoms with Gasteiger partial charge < -0.3 is 53.4 Å². The van der Waals surface area contributed by atoms with Gasteiger partial charge in [0.25, 0.3) is 11.5 Å². The van der Waals surface area contributed by atoms with Crippen LogP contribution in [0.4, 0.5) is 0 Å². The van der Waals surface area contributed by atoms with E-state index in [2.05, 4.69) is 62.3 Å². The van der Waals surface area contributed by atoms with Gasteiger partial charge in [-0.15, -0.1) is 0 Å². The second-order valence-electron chi connectivity index (χ2n) is 18.4. The van der Waals surface area contributed by atoms with Crippen LogP contribution in [0.1, 0.15) is 91.8 Å². The number of hydrogen-bond donors (Lipinski definition) is 7. The Balaban J connectivity index is 1.01. The molecule has 3 heterocycles. The summed E-state index contributed by atoms with van der Waals surface area (Å²) in [4.78, 5) is 115. The van der Waals surface area contributed by atoms with Crippen molar-refractivity contribution in [2.75, 3.05) is 39.6 Å². The number of carbonyl (C=O) groups is 3. The molecule has 2 aliphatic heterocycles. The van der Waals surface area contributed by atoms with Gasteiger partial charge in [-0.1, -0.05) is 35.4 Å². The SMILES string of the molecule is CCCc1cc2oc3c/c(=N/CC)c(C)cc-3c(-c3cc(C(=O)NCCOc4ccc(C(=O)OCC#Cc5cn([C@H]6C[C@@H](OCN=[N+]=[N-])[C@@H](COP(=O)(O)OP(=O)(O)OP(=O)(O)O)O6)c(=O)[nH]c5=O)c(CN=[N+]=[N-])c4)ccc3C(=O)O)c2cc1C. The lowest BCUT2D eigenvalue weighted by Gasteiger charge is -2.20. The van der Waals surface area contributed by atoms with Crippen molar-refractivity contribution in [3.63, 3.8) is 0 Å². The number of aromatic nitrogens is 2. The molecule has 4 aromatic rings. The fourth-order valence-electron chi connectivity index (χ4n) is 8.93. The molecule has 85 heavy (non-hydrogen) atoms. The van der Waals surface area contributed by atoms with Crippen LogP contribution >= 0.6 is 23.5 Å². The highest BCUT2D eigenvalue weighted by molar-refractivity contribution is 7.66. The van der Waals surface area contributed by atoms with Crippen LogP contribution in [0.15, 0.2) is 96.1 Å². The third kappa shape index (κ3) is 16.8. The van der Waals surface area contributed by atoms with E-state index in [0.29, 0.717) is 40.0 Å². The minimum atomic E-state index is -5.88. The Bertz CT molecular complexity index is 4060. The molecule has 34 heteroatoms. The molecule has 1 saturated heterocycles. The summed E-state index contributed by atoms with van der Waals surface area (Å²) >= 11 is 0. The third-order valence-corrected chi connectivity index (χ3v) is 16.4. The van der Waals surface area contributed by atoms with Crippen molar-refractivity contribution >= 4 is 52.3 Å². The second kappa shape index (κ2) is 28.1. The maximum atomic E-state index is 13.8. The summed E-state index contributed by atoms with van der Waals surface area (Å²) in [5.41, 5.74) is 20.6. The normalized spacial score (nSPS) is 16.5. The predicted molar refractivity (Wildman–Crippen MR) is 298 cm³/mol. The van der Waals surface area contributed by atoms with Crippen molar-refractivity contribution < 1.29 is 89.3 Å². The van der Waals surface area contributed by atoms with E-state index < -0.39 is 90.9 Å². The monoisotopic (exact) mass is 1230 g/mol. The summed E-state index contributed by atoms with van der Waals surface area (Å²) in [7, 11) is -17.2. The van der Waals surface area contributed by atoms with Gasteiger partial charge in [0.2, 0.25) is 0 Å². The van der Waals surface area contributed by atoms with E-state index in [1.807, 2.05) is 50.0 Å². The number of amides is 1. The lowest BCUT2D eigenvalue weighted by molar-refractivity contribution is -0.0601. The summed E-state index contributed by atoms with van der Waals surface area (Å²) in [5, 5.41) is 21.4. The Morgan fingerprint density at radius 3 is 2.36 bits per heavy atom. The first-order valence-electron chi connectivity index (χ1n) is 25.4. The van der Waals surface area contributed by atoms with E-state index in [0.717, 1.165) is 45.7 Å². The van der Waals surface area contributed by atoms with E-state index in [1.165, 1.54) is 36.4 Å². The van der Waals surface area contributed by atoms with Gasteiger partial charge in [-0.3, -0.25) is 28.7 Å². The van der Waals surface area contributed by atoms with Crippen LogP contribution < -0.4 is 26.7 Å². The molecule has 0 saturated carbocycles. The summed E-state index contributed by atoms with van der Waals surface area (Å²) in [6.07, 6.45) is -1.67. The molecule has 2 unspecified atom stereocenters. The number of carboxylic acids is 1. The Kier molecular flexibility index (Phi) is 21.3. The van der Waals surface area contributed by atoms with Crippen LogP contribution in [0.5, 0.6) is 5.75 Å². The molecule has 0 bridgehead atoms. The molecule has 1 fully saturated rings. The number of azide groups is 2. The van der Waals surface area contributed by atoms with E-state index in [9.17, 15) is 52.6 Å². The van der Waals surface area contributed by atoms with Gasteiger partial charge >= 0.3 is 41.1 Å². The summed E-state index contributed by atoms with van der Waals surface area (Å²) in [6.45, 7) is 5.69. The van der Waals surface area contributed by atoms with Crippen LogP contribution in [-0.4, -0.2) is 104 Å². The number of nitrogens with zero attached hydrogens (tertiary/aromatic N) is 8. The third-order valence-electron chi connectivity index (χ3n) is 12.6. The lowest BCUT2D eigenvalue weighted by Crippen LogP contribution is -2.33. The molecular formula is C51H53N10O21P3. The van der Waals surface area contributed by atoms with E-state index in [1.54, 1.807) is 0 Å². The Morgan fingerprint density at radius 2 is 1.66 bits per heavy atom. The molecule has 3 aromatic carbocycles. The van der Waals surface area contributed by atoms with Gasteiger partial charge in [0.15, 0.2) is 6.61 Å². The number of carbonyl (C=O) groups excluding carboxylic acids is 2. The standard InChI is InChI=1S/C51H53N10O21P3/c1-5-8-30-21-41-38(17-28(30)3)46(39-18-29(4)40(54-6-2)22-42(39)79-41)37-20-31(10-12-36(37)49(64)65)47(62)55-14-16-75-34-11-13-35(33(19-34)24-56-59-52)50(66)76-15-7-9-32-25-61(51(67)58-48(32)63)45-23-43(77-27-57-60-53)44(80-45)26-78-84(71,72)82-85(73,74)81-83(68,69)70/h10-13,17-22,25,43-45H,5-6,8,14-16,23-24,26-27H2,1-4H3,(H,55,62)(H,64,65)(H,71,72)(H,73,74)(H,58,63,67)(H2,68,69,70)/b54-40-/t43-,44-,45-/m1/s1. The van der Waals surface area contributed by atoms with Crippen molar-refractivity contribution in [3.05, 3.63) is 158 Å². The van der Waals surface area contributed by atoms with Gasteiger partial charge in [0.1, 0.15) is 48.3 Å². The first kappa shape index (κ1) is 64.3. The lowest BCUT2D eigenvalue weighted by atomic mass is 9.87. The average Bonchev–Trinajstić information content (AvgIpc) is 2.09. The molecule has 7 N–H and O–H groups in total. The molecule has 448 valence electrons. The van der Waals surface area contributed by atoms with Crippen molar-refractivity contribution in [1.29, 1.82) is 0 Å². The highest BCUT2D eigenvalue weighted by Crippen LogP contribution is 2.66. The van der Waals surface area contributed by atoms with E-state index in [4.69, 9.17) is 44.2 Å². The summed E-state index contributed by atoms with van der Waals surface area (Å²) in [5.74, 6) is 2.95. The van der Waals surface area contributed by atoms with Crippen molar-refractivity contribution in [1.82, 2.24) is 14.9 Å². The highest BCUT2D eigenvalue weighted by Gasteiger charge is 2.44. The van der Waals surface area contributed by atoms with Crippen LogP contribution in [0.3, 0.4) is 0 Å². The highest BCUT2D eigenvalue weighted by atomic mass is 31.3. The number of benzene rings is 4. The van der Waals surface area contributed by atoms with Crippen LogP contribution in [-0.2, 0) is 54.0 Å². The van der Waals surface area contributed by atoms with E-state index in [-0.39, 0.29) is 59.7 Å². The first-order valence-corrected chi connectivity index (χ1v) is 29.9. The number of nitrogens with one attached hydrogen (secondary N) is 2. The zero-order valence-electron chi connectivity index (χ0n) is 45.3. The second-order valence-corrected chi connectivity index (χ2v) is 22.8. The molecule has 5 atom stereocenters.